The first-order chi connectivity index (χ1) is 16.1. The molecule has 0 spiro atoms. The van der Waals surface area contributed by atoms with Crippen molar-refractivity contribution in [2.24, 2.45) is 0 Å². The van der Waals surface area contributed by atoms with E-state index in [4.69, 9.17) is 4.52 Å². The fourth-order valence-corrected chi connectivity index (χ4v) is 4.75. The molecule has 3 aromatic rings. The smallest absolute Gasteiger partial charge is 0.321 e. The van der Waals surface area contributed by atoms with E-state index in [2.05, 4.69) is 21.5 Å². The molecule has 1 fully saturated rings. The monoisotopic (exact) mass is 445 g/mol. The van der Waals surface area contributed by atoms with Crippen LogP contribution in [0, 0.1) is 6.92 Å². The SMILES string of the molecule is Cc1noc(-c2ccccc2C(=O)N2CCCCC2CNC(=O)N2CCc3ccccc32)n1. The number of amides is 3. The molecule has 1 unspecified atom stereocenters. The first-order valence-corrected chi connectivity index (χ1v) is 11.5. The number of piperidine rings is 1. The van der Waals surface area contributed by atoms with Gasteiger partial charge >= 0.3 is 6.03 Å². The van der Waals surface area contributed by atoms with Crippen molar-refractivity contribution >= 4 is 17.6 Å². The molecule has 2 aliphatic heterocycles. The van der Waals surface area contributed by atoms with Crippen LogP contribution in [-0.2, 0) is 6.42 Å². The first kappa shape index (κ1) is 21.2. The number of aromatic nitrogens is 2. The molecule has 1 aromatic heterocycles. The summed E-state index contributed by atoms with van der Waals surface area (Å²) in [6, 6.07) is 15.1. The maximum atomic E-state index is 13.6. The highest BCUT2D eigenvalue weighted by molar-refractivity contribution is 6.00. The average molecular weight is 446 g/mol. The number of benzene rings is 2. The van der Waals surface area contributed by atoms with Crippen molar-refractivity contribution in [2.75, 3.05) is 24.5 Å². The van der Waals surface area contributed by atoms with Crippen LogP contribution in [-0.4, -0.2) is 52.7 Å². The van der Waals surface area contributed by atoms with Crippen molar-refractivity contribution in [1.29, 1.82) is 0 Å². The summed E-state index contributed by atoms with van der Waals surface area (Å²) in [6.07, 6.45) is 3.69. The zero-order chi connectivity index (χ0) is 22.8. The van der Waals surface area contributed by atoms with Crippen molar-refractivity contribution in [1.82, 2.24) is 20.4 Å². The number of anilines is 1. The van der Waals surface area contributed by atoms with Crippen molar-refractivity contribution in [3.05, 3.63) is 65.5 Å². The molecule has 3 heterocycles. The predicted octanol–water partition coefficient (Wildman–Crippen LogP) is 3.81. The molecule has 5 rings (SSSR count). The van der Waals surface area contributed by atoms with Gasteiger partial charge < -0.3 is 14.7 Å². The average Bonchev–Trinajstić information content (AvgIpc) is 3.49. The lowest BCUT2D eigenvalue weighted by Gasteiger charge is -2.36. The van der Waals surface area contributed by atoms with Gasteiger partial charge in [0.1, 0.15) is 0 Å². The molecule has 0 radical (unpaired) electrons. The van der Waals surface area contributed by atoms with Gasteiger partial charge in [-0.2, -0.15) is 4.98 Å². The van der Waals surface area contributed by atoms with Crippen LogP contribution in [0.15, 0.2) is 53.1 Å². The van der Waals surface area contributed by atoms with E-state index in [1.165, 1.54) is 5.56 Å². The number of likely N-dealkylation sites (tertiary alicyclic amines) is 1. The summed E-state index contributed by atoms with van der Waals surface area (Å²) in [6.45, 7) is 3.50. The quantitative estimate of drug-likeness (QED) is 0.659. The highest BCUT2D eigenvalue weighted by atomic mass is 16.5. The largest absolute Gasteiger partial charge is 0.336 e. The Morgan fingerprint density at radius 3 is 2.76 bits per heavy atom. The van der Waals surface area contributed by atoms with Crippen LogP contribution in [0.1, 0.15) is 41.0 Å². The maximum absolute atomic E-state index is 13.6. The number of carbonyl (C=O) groups is 2. The Morgan fingerprint density at radius 1 is 1.09 bits per heavy atom. The molecule has 170 valence electrons. The highest BCUT2D eigenvalue weighted by Crippen LogP contribution is 2.28. The number of urea groups is 1. The number of hydrogen-bond acceptors (Lipinski definition) is 5. The van der Waals surface area contributed by atoms with E-state index in [0.717, 1.165) is 31.4 Å². The van der Waals surface area contributed by atoms with Gasteiger partial charge in [-0.3, -0.25) is 9.69 Å². The van der Waals surface area contributed by atoms with Gasteiger partial charge in [0.2, 0.25) is 0 Å². The topological polar surface area (TPSA) is 91.6 Å². The van der Waals surface area contributed by atoms with Crippen LogP contribution < -0.4 is 10.2 Å². The minimum atomic E-state index is -0.111. The Kier molecular flexibility index (Phi) is 5.81. The van der Waals surface area contributed by atoms with Crippen LogP contribution in [0.4, 0.5) is 10.5 Å². The molecular weight excluding hydrogens is 418 g/mol. The number of carbonyl (C=O) groups excluding carboxylic acids is 2. The molecule has 0 aliphatic carbocycles. The van der Waals surface area contributed by atoms with Gasteiger partial charge in [0, 0.05) is 31.4 Å². The standard InChI is InChI=1S/C25H27N5O3/c1-17-27-23(33-28-17)20-10-3-4-11-21(20)24(31)29-14-7-6-9-19(29)16-26-25(32)30-15-13-18-8-2-5-12-22(18)30/h2-5,8,10-12,19H,6-7,9,13-16H2,1H3,(H,26,32). The Bertz CT molecular complexity index is 1170. The van der Waals surface area contributed by atoms with Gasteiger partial charge in [-0.05, 0) is 56.4 Å². The zero-order valence-corrected chi connectivity index (χ0v) is 18.7. The van der Waals surface area contributed by atoms with Gasteiger partial charge in [0.05, 0.1) is 11.1 Å². The number of nitrogens with zero attached hydrogens (tertiary/aromatic N) is 4. The van der Waals surface area contributed by atoms with Gasteiger partial charge in [-0.1, -0.05) is 35.5 Å². The number of para-hydroxylation sites is 1. The Hall–Kier alpha value is -3.68. The van der Waals surface area contributed by atoms with Gasteiger partial charge in [-0.15, -0.1) is 0 Å². The van der Waals surface area contributed by atoms with Crippen molar-refractivity contribution in [2.45, 2.75) is 38.6 Å². The summed E-state index contributed by atoms with van der Waals surface area (Å²) in [5, 5.41) is 6.93. The molecule has 1 N–H and O–H groups in total. The molecule has 8 heteroatoms. The molecular formula is C25H27N5O3. The van der Waals surface area contributed by atoms with Crippen LogP contribution >= 0.6 is 0 Å². The highest BCUT2D eigenvalue weighted by Gasteiger charge is 2.31. The van der Waals surface area contributed by atoms with Crippen molar-refractivity contribution < 1.29 is 14.1 Å². The zero-order valence-electron chi connectivity index (χ0n) is 18.7. The van der Waals surface area contributed by atoms with Gasteiger partial charge in [0.15, 0.2) is 5.82 Å². The lowest BCUT2D eigenvalue weighted by Crippen LogP contribution is -2.51. The number of rotatable bonds is 4. The molecule has 8 nitrogen and oxygen atoms in total. The molecule has 33 heavy (non-hydrogen) atoms. The molecule has 1 saturated heterocycles. The summed E-state index contributed by atoms with van der Waals surface area (Å²) in [7, 11) is 0. The second-order valence-corrected chi connectivity index (χ2v) is 8.56. The Morgan fingerprint density at radius 2 is 1.91 bits per heavy atom. The summed E-state index contributed by atoms with van der Waals surface area (Å²) >= 11 is 0. The summed E-state index contributed by atoms with van der Waals surface area (Å²) in [5.74, 6) is 0.784. The molecule has 2 aliphatic rings. The second-order valence-electron chi connectivity index (χ2n) is 8.56. The summed E-state index contributed by atoms with van der Waals surface area (Å²) in [4.78, 5) is 34.5. The number of hydrogen-bond donors (Lipinski definition) is 1. The van der Waals surface area contributed by atoms with Crippen molar-refractivity contribution in [3.63, 3.8) is 0 Å². The number of nitrogens with one attached hydrogen (secondary N) is 1. The van der Waals surface area contributed by atoms with Crippen LogP contribution in [0.2, 0.25) is 0 Å². The number of aryl methyl sites for hydroxylation is 1. The Labute approximate surface area is 192 Å². The first-order valence-electron chi connectivity index (χ1n) is 11.5. The predicted molar refractivity (Wildman–Crippen MR) is 124 cm³/mol. The third-order valence-corrected chi connectivity index (χ3v) is 6.42. The van der Waals surface area contributed by atoms with Crippen LogP contribution in [0.3, 0.4) is 0 Å². The van der Waals surface area contributed by atoms with E-state index < -0.39 is 0 Å². The van der Waals surface area contributed by atoms with Gasteiger partial charge in [-0.25, -0.2) is 4.79 Å². The summed E-state index contributed by atoms with van der Waals surface area (Å²) < 4.78 is 5.33. The fourth-order valence-electron chi connectivity index (χ4n) is 4.75. The van der Waals surface area contributed by atoms with Crippen molar-refractivity contribution in [3.8, 4) is 11.5 Å². The van der Waals surface area contributed by atoms with Gasteiger partial charge in [0.25, 0.3) is 11.8 Å². The van der Waals surface area contributed by atoms with Crippen LogP contribution in [0.5, 0.6) is 0 Å². The van der Waals surface area contributed by atoms with E-state index in [1.54, 1.807) is 17.9 Å². The third kappa shape index (κ3) is 4.20. The van der Waals surface area contributed by atoms with E-state index in [1.807, 2.05) is 41.3 Å². The van der Waals surface area contributed by atoms with E-state index in [0.29, 0.717) is 42.5 Å². The molecule has 0 saturated carbocycles. The summed E-state index contributed by atoms with van der Waals surface area (Å²) in [5.41, 5.74) is 3.32. The van der Waals surface area contributed by atoms with E-state index in [9.17, 15) is 9.59 Å². The second kappa shape index (κ2) is 9.05. The molecule has 0 bridgehead atoms. The van der Waals surface area contributed by atoms with E-state index >= 15 is 0 Å². The third-order valence-electron chi connectivity index (χ3n) is 6.42. The minimum absolute atomic E-state index is 0.0643. The fraction of sp³-hybridized carbons (Fsp3) is 0.360. The van der Waals surface area contributed by atoms with E-state index in [-0.39, 0.29) is 18.0 Å². The lowest BCUT2D eigenvalue weighted by molar-refractivity contribution is 0.0615. The number of fused-ring (bicyclic) bond motifs is 1. The molecule has 3 amide bonds. The normalized spacial score (nSPS) is 17.7. The molecule has 1 atom stereocenters. The lowest BCUT2D eigenvalue weighted by atomic mass is 9.99. The Balaban J connectivity index is 1.31. The minimum Gasteiger partial charge on any atom is -0.336 e. The van der Waals surface area contributed by atoms with Crippen LogP contribution in [0.25, 0.3) is 11.5 Å². The maximum Gasteiger partial charge on any atom is 0.321 e. The molecule has 2 aromatic carbocycles.